The molecule has 100 valence electrons. The molecule has 1 N–H and O–H groups in total. The van der Waals surface area contributed by atoms with Crippen LogP contribution in [-0.2, 0) is 0 Å². The van der Waals surface area contributed by atoms with Gasteiger partial charge in [0.2, 0.25) is 0 Å². The maximum Gasteiger partial charge on any atom is 0.0315 e. The highest BCUT2D eigenvalue weighted by Crippen LogP contribution is 2.20. The lowest BCUT2D eigenvalue weighted by atomic mass is 10.0. The maximum absolute atomic E-state index is 4.17. The molecule has 0 saturated heterocycles. The number of benzene rings is 1. The molecule has 0 amide bonds. The molecule has 1 aromatic carbocycles. The van der Waals surface area contributed by atoms with Gasteiger partial charge >= 0.3 is 0 Å². The van der Waals surface area contributed by atoms with Crippen molar-refractivity contribution >= 4 is 0 Å². The molecule has 2 atom stereocenters. The Morgan fingerprint density at radius 3 is 2.32 bits per heavy atom. The van der Waals surface area contributed by atoms with Crippen molar-refractivity contribution in [2.45, 2.75) is 39.8 Å². The lowest BCUT2D eigenvalue weighted by Crippen LogP contribution is -2.22. The predicted octanol–water partition coefficient (Wildman–Crippen LogP) is 4.11. The van der Waals surface area contributed by atoms with Crippen LogP contribution >= 0.6 is 0 Å². The second kappa shape index (κ2) is 5.98. The van der Waals surface area contributed by atoms with Crippen molar-refractivity contribution < 1.29 is 0 Å². The van der Waals surface area contributed by atoms with Crippen LogP contribution in [0, 0.1) is 13.8 Å². The summed E-state index contributed by atoms with van der Waals surface area (Å²) < 4.78 is 0. The number of rotatable bonds is 4. The normalized spacial score (nSPS) is 14.1. The zero-order valence-electron chi connectivity index (χ0n) is 12.1. The molecule has 0 aliphatic rings. The van der Waals surface area contributed by atoms with Gasteiger partial charge in [0.1, 0.15) is 0 Å². The lowest BCUT2D eigenvalue weighted by molar-refractivity contribution is 0.493. The smallest absolute Gasteiger partial charge is 0.0315 e. The lowest BCUT2D eigenvalue weighted by Gasteiger charge is -2.21. The summed E-state index contributed by atoms with van der Waals surface area (Å²) in [5.74, 6) is 0. The highest BCUT2D eigenvalue weighted by Gasteiger charge is 2.11. The number of hydrogen-bond donors (Lipinski definition) is 1. The van der Waals surface area contributed by atoms with Gasteiger partial charge in [-0.05, 0) is 56.0 Å². The Labute approximate surface area is 115 Å². The first-order valence-corrected chi connectivity index (χ1v) is 6.81. The maximum atomic E-state index is 4.17. The van der Waals surface area contributed by atoms with E-state index in [9.17, 15) is 0 Å². The molecule has 2 heteroatoms. The SMILES string of the molecule is Cc1ccc(C(C)N[C@H](C)c2cccnc2)cc1C. The molecule has 0 fully saturated rings. The first-order chi connectivity index (χ1) is 9.08. The van der Waals surface area contributed by atoms with Crippen molar-refractivity contribution in [2.75, 3.05) is 0 Å². The Balaban J connectivity index is 2.08. The molecule has 2 aromatic rings. The molecule has 0 radical (unpaired) electrons. The fourth-order valence-electron chi connectivity index (χ4n) is 2.23. The summed E-state index contributed by atoms with van der Waals surface area (Å²) in [4.78, 5) is 4.17. The highest BCUT2D eigenvalue weighted by molar-refractivity contribution is 5.31. The van der Waals surface area contributed by atoms with E-state index < -0.39 is 0 Å². The van der Waals surface area contributed by atoms with Gasteiger partial charge < -0.3 is 5.32 Å². The van der Waals surface area contributed by atoms with E-state index in [0.29, 0.717) is 12.1 Å². The summed E-state index contributed by atoms with van der Waals surface area (Å²) in [5.41, 5.74) is 5.24. The van der Waals surface area contributed by atoms with Crippen LogP contribution in [0.1, 0.15) is 48.2 Å². The van der Waals surface area contributed by atoms with Gasteiger partial charge in [-0.2, -0.15) is 0 Å². The molecule has 19 heavy (non-hydrogen) atoms. The van der Waals surface area contributed by atoms with Gasteiger partial charge in [-0.1, -0.05) is 24.3 Å². The van der Waals surface area contributed by atoms with Crippen molar-refractivity contribution in [3.8, 4) is 0 Å². The Bertz CT molecular complexity index is 534. The van der Waals surface area contributed by atoms with Gasteiger partial charge in [-0.25, -0.2) is 0 Å². The monoisotopic (exact) mass is 254 g/mol. The zero-order valence-corrected chi connectivity index (χ0v) is 12.1. The molecule has 1 heterocycles. The summed E-state index contributed by atoms with van der Waals surface area (Å²) in [6.07, 6.45) is 3.73. The predicted molar refractivity (Wildman–Crippen MR) is 80.1 cm³/mol. The molecule has 0 aliphatic heterocycles. The fourth-order valence-corrected chi connectivity index (χ4v) is 2.23. The Hall–Kier alpha value is -1.67. The quantitative estimate of drug-likeness (QED) is 0.888. The highest BCUT2D eigenvalue weighted by atomic mass is 14.9. The average molecular weight is 254 g/mol. The molecule has 1 unspecified atom stereocenters. The van der Waals surface area contributed by atoms with Crippen molar-refractivity contribution in [1.29, 1.82) is 0 Å². The molecular formula is C17H22N2. The Morgan fingerprint density at radius 1 is 0.947 bits per heavy atom. The summed E-state index contributed by atoms with van der Waals surface area (Å²) in [5, 5.41) is 3.62. The van der Waals surface area contributed by atoms with Gasteiger partial charge in [-0.3, -0.25) is 4.98 Å². The van der Waals surface area contributed by atoms with E-state index >= 15 is 0 Å². The van der Waals surface area contributed by atoms with Gasteiger partial charge in [-0.15, -0.1) is 0 Å². The van der Waals surface area contributed by atoms with Crippen LogP contribution in [0.5, 0.6) is 0 Å². The molecule has 0 aliphatic carbocycles. The first kappa shape index (κ1) is 13.8. The number of nitrogens with one attached hydrogen (secondary N) is 1. The van der Waals surface area contributed by atoms with Crippen molar-refractivity contribution in [2.24, 2.45) is 0 Å². The van der Waals surface area contributed by atoms with Crippen LogP contribution in [0.25, 0.3) is 0 Å². The molecular weight excluding hydrogens is 232 g/mol. The van der Waals surface area contributed by atoms with Gasteiger partial charge in [0, 0.05) is 24.5 Å². The minimum Gasteiger partial charge on any atom is -0.304 e. The fraction of sp³-hybridized carbons (Fsp3) is 0.353. The third-order valence-electron chi connectivity index (χ3n) is 3.72. The summed E-state index contributed by atoms with van der Waals surface area (Å²) in [6.45, 7) is 8.69. The average Bonchev–Trinajstić information content (AvgIpc) is 2.42. The molecule has 2 rings (SSSR count). The standard InChI is InChI=1S/C17H22N2/c1-12-7-8-16(10-13(12)2)14(3)19-15(4)17-6-5-9-18-11-17/h5-11,14-15,19H,1-4H3/t14?,15-/m1/s1. The van der Waals surface area contributed by atoms with Gasteiger partial charge in [0.15, 0.2) is 0 Å². The molecule has 0 spiro atoms. The van der Waals surface area contributed by atoms with Crippen LogP contribution in [0.15, 0.2) is 42.7 Å². The van der Waals surface area contributed by atoms with Gasteiger partial charge in [0.25, 0.3) is 0 Å². The molecule has 1 aromatic heterocycles. The van der Waals surface area contributed by atoms with Crippen LogP contribution in [0.2, 0.25) is 0 Å². The third-order valence-corrected chi connectivity index (χ3v) is 3.72. The number of aryl methyl sites for hydroxylation is 2. The third kappa shape index (κ3) is 3.42. The number of pyridine rings is 1. The van der Waals surface area contributed by atoms with Crippen molar-refractivity contribution in [1.82, 2.24) is 10.3 Å². The van der Waals surface area contributed by atoms with E-state index in [0.717, 1.165) is 0 Å². The van der Waals surface area contributed by atoms with Crippen LogP contribution < -0.4 is 5.32 Å². The zero-order chi connectivity index (χ0) is 13.8. The number of hydrogen-bond acceptors (Lipinski definition) is 2. The second-order valence-corrected chi connectivity index (χ2v) is 5.24. The van der Waals surface area contributed by atoms with E-state index in [1.807, 2.05) is 18.5 Å². The van der Waals surface area contributed by atoms with Crippen LogP contribution in [0.3, 0.4) is 0 Å². The second-order valence-electron chi connectivity index (χ2n) is 5.24. The van der Waals surface area contributed by atoms with Crippen molar-refractivity contribution in [3.05, 3.63) is 65.0 Å². The largest absolute Gasteiger partial charge is 0.304 e. The van der Waals surface area contributed by atoms with E-state index in [1.165, 1.54) is 22.3 Å². The number of nitrogens with zero attached hydrogens (tertiary/aromatic N) is 1. The van der Waals surface area contributed by atoms with E-state index in [-0.39, 0.29) is 0 Å². The molecule has 2 nitrogen and oxygen atoms in total. The summed E-state index contributed by atoms with van der Waals surface area (Å²) >= 11 is 0. The van der Waals surface area contributed by atoms with E-state index in [4.69, 9.17) is 0 Å². The Kier molecular flexibility index (Phi) is 4.33. The summed E-state index contributed by atoms with van der Waals surface area (Å²) in [6, 6.07) is 11.4. The molecule has 0 bridgehead atoms. The van der Waals surface area contributed by atoms with Crippen LogP contribution in [0.4, 0.5) is 0 Å². The topological polar surface area (TPSA) is 24.9 Å². The van der Waals surface area contributed by atoms with Crippen molar-refractivity contribution in [3.63, 3.8) is 0 Å². The van der Waals surface area contributed by atoms with E-state index in [2.05, 4.69) is 62.3 Å². The van der Waals surface area contributed by atoms with Gasteiger partial charge in [0.05, 0.1) is 0 Å². The number of aromatic nitrogens is 1. The minimum absolute atomic E-state index is 0.297. The Morgan fingerprint density at radius 2 is 1.68 bits per heavy atom. The summed E-state index contributed by atoms with van der Waals surface area (Å²) in [7, 11) is 0. The first-order valence-electron chi connectivity index (χ1n) is 6.81. The molecule has 0 saturated carbocycles. The van der Waals surface area contributed by atoms with Crippen LogP contribution in [-0.4, -0.2) is 4.98 Å². The minimum atomic E-state index is 0.297. The van der Waals surface area contributed by atoms with E-state index in [1.54, 1.807) is 0 Å².